The monoisotopic (exact) mass is 303 g/mol. The Balaban J connectivity index is 1.79. The number of benzene rings is 1. The molecule has 1 aliphatic rings. The number of hydrogen-bond donors (Lipinski definition) is 1. The molecule has 1 unspecified atom stereocenters. The number of guanidine groups is 1. The van der Waals surface area contributed by atoms with Gasteiger partial charge in [-0.15, -0.1) is 11.3 Å². The molecule has 0 amide bonds. The molecule has 0 aliphatic carbocycles. The smallest absolute Gasteiger partial charge is 0.192 e. The van der Waals surface area contributed by atoms with Crippen LogP contribution in [-0.2, 0) is 13.0 Å². The lowest BCUT2D eigenvalue weighted by atomic mass is 9.92. The SMILES string of the molecule is CC1(Cc2ccc(F)cc2)CN=C(N)N1Cc1cccs1. The first-order valence-electron chi connectivity index (χ1n) is 6.91. The Bertz CT molecular complexity index is 636. The Morgan fingerprint density at radius 3 is 2.76 bits per heavy atom. The van der Waals surface area contributed by atoms with Gasteiger partial charge in [-0.25, -0.2) is 4.39 Å². The van der Waals surface area contributed by atoms with E-state index in [1.165, 1.54) is 17.0 Å². The zero-order valence-corrected chi connectivity index (χ0v) is 12.7. The molecule has 0 bridgehead atoms. The van der Waals surface area contributed by atoms with Crippen LogP contribution in [0.3, 0.4) is 0 Å². The summed E-state index contributed by atoms with van der Waals surface area (Å²) in [5.41, 5.74) is 7.01. The molecule has 0 saturated heterocycles. The molecule has 0 radical (unpaired) electrons. The maximum atomic E-state index is 13.0. The molecule has 1 atom stereocenters. The molecule has 2 N–H and O–H groups in total. The normalized spacial score (nSPS) is 21.6. The minimum absolute atomic E-state index is 0.161. The molecule has 110 valence electrons. The van der Waals surface area contributed by atoms with E-state index in [9.17, 15) is 4.39 Å². The molecule has 1 aromatic heterocycles. The first-order chi connectivity index (χ1) is 10.1. The molecule has 21 heavy (non-hydrogen) atoms. The van der Waals surface area contributed by atoms with E-state index < -0.39 is 0 Å². The van der Waals surface area contributed by atoms with Crippen molar-refractivity contribution in [2.75, 3.05) is 6.54 Å². The van der Waals surface area contributed by atoms with Crippen molar-refractivity contribution in [3.8, 4) is 0 Å². The second-order valence-corrected chi connectivity index (χ2v) is 6.67. The number of nitrogens with zero attached hydrogens (tertiary/aromatic N) is 2. The van der Waals surface area contributed by atoms with Crippen molar-refractivity contribution in [3.63, 3.8) is 0 Å². The fourth-order valence-electron chi connectivity index (χ4n) is 2.72. The van der Waals surface area contributed by atoms with Gasteiger partial charge in [0, 0.05) is 4.88 Å². The number of halogens is 1. The van der Waals surface area contributed by atoms with E-state index in [1.807, 2.05) is 18.2 Å². The summed E-state index contributed by atoms with van der Waals surface area (Å²) in [6.45, 7) is 3.60. The van der Waals surface area contributed by atoms with Gasteiger partial charge in [-0.05, 0) is 42.5 Å². The summed E-state index contributed by atoms with van der Waals surface area (Å²) < 4.78 is 13.0. The predicted molar refractivity (Wildman–Crippen MR) is 84.9 cm³/mol. The van der Waals surface area contributed by atoms with Crippen LogP contribution in [-0.4, -0.2) is 22.9 Å². The van der Waals surface area contributed by atoms with Crippen LogP contribution in [0.25, 0.3) is 0 Å². The Morgan fingerprint density at radius 1 is 1.33 bits per heavy atom. The molecule has 0 fully saturated rings. The summed E-state index contributed by atoms with van der Waals surface area (Å²) in [6, 6.07) is 10.8. The molecular weight excluding hydrogens is 285 g/mol. The average molecular weight is 303 g/mol. The third-order valence-corrected chi connectivity index (χ3v) is 4.76. The molecule has 5 heteroatoms. The summed E-state index contributed by atoms with van der Waals surface area (Å²) in [6.07, 6.45) is 0.794. The van der Waals surface area contributed by atoms with E-state index in [0.717, 1.165) is 18.5 Å². The first kappa shape index (κ1) is 14.1. The molecule has 2 heterocycles. The van der Waals surface area contributed by atoms with Crippen molar-refractivity contribution >= 4 is 17.3 Å². The van der Waals surface area contributed by atoms with Gasteiger partial charge in [-0.3, -0.25) is 4.99 Å². The molecule has 3 rings (SSSR count). The summed E-state index contributed by atoms with van der Waals surface area (Å²) in [7, 11) is 0. The van der Waals surface area contributed by atoms with Crippen LogP contribution >= 0.6 is 11.3 Å². The number of hydrogen-bond acceptors (Lipinski definition) is 4. The van der Waals surface area contributed by atoms with E-state index in [1.54, 1.807) is 11.3 Å². The lowest BCUT2D eigenvalue weighted by Gasteiger charge is -2.36. The Kier molecular flexibility index (Phi) is 3.68. The van der Waals surface area contributed by atoms with E-state index in [0.29, 0.717) is 12.5 Å². The first-order valence-corrected chi connectivity index (χ1v) is 7.79. The van der Waals surface area contributed by atoms with Crippen LogP contribution in [0.2, 0.25) is 0 Å². The minimum atomic E-state index is -0.207. The second-order valence-electron chi connectivity index (χ2n) is 5.64. The van der Waals surface area contributed by atoms with Crippen molar-refractivity contribution in [2.24, 2.45) is 10.7 Å². The van der Waals surface area contributed by atoms with Gasteiger partial charge in [-0.1, -0.05) is 18.2 Å². The van der Waals surface area contributed by atoms with Crippen molar-refractivity contribution in [2.45, 2.75) is 25.4 Å². The van der Waals surface area contributed by atoms with Gasteiger partial charge >= 0.3 is 0 Å². The van der Waals surface area contributed by atoms with Gasteiger partial charge in [0.15, 0.2) is 5.96 Å². The standard InChI is InChI=1S/C16H18FN3S/c1-16(9-12-4-6-13(17)7-5-12)11-19-15(18)20(16)10-14-3-2-8-21-14/h2-8H,9-11H2,1H3,(H2,18,19). The van der Waals surface area contributed by atoms with E-state index >= 15 is 0 Å². The maximum absolute atomic E-state index is 13.0. The fraction of sp³-hybridized carbons (Fsp3) is 0.312. The highest BCUT2D eigenvalue weighted by Gasteiger charge is 2.38. The zero-order valence-electron chi connectivity index (χ0n) is 11.9. The Labute approximate surface area is 127 Å². The summed E-state index contributed by atoms with van der Waals surface area (Å²) in [5.74, 6) is 0.384. The van der Waals surface area contributed by atoms with Gasteiger partial charge in [0.1, 0.15) is 5.82 Å². The molecule has 3 nitrogen and oxygen atoms in total. The van der Waals surface area contributed by atoms with E-state index in [-0.39, 0.29) is 11.4 Å². The van der Waals surface area contributed by atoms with Crippen molar-refractivity contribution in [1.29, 1.82) is 0 Å². The zero-order chi connectivity index (χ0) is 14.9. The molecular formula is C16H18FN3S. The minimum Gasteiger partial charge on any atom is -0.370 e. The highest BCUT2D eigenvalue weighted by molar-refractivity contribution is 7.09. The number of aliphatic imine (C=N–C) groups is 1. The molecule has 1 aliphatic heterocycles. The maximum Gasteiger partial charge on any atom is 0.192 e. The van der Waals surface area contributed by atoms with Crippen LogP contribution in [0.1, 0.15) is 17.4 Å². The largest absolute Gasteiger partial charge is 0.370 e. The predicted octanol–water partition coefficient (Wildman–Crippen LogP) is 3.02. The Hall–Kier alpha value is -1.88. The topological polar surface area (TPSA) is 41.6 Å². The fourth-order valence-corrected chi connectivity index (χ4v) is 3.41. The van der Waals surface area contributed by atoms with Gasteiger partial charge < -0.3 is 10.6 Å². The molecule has 1 aromatic carbocycles. The lowest BCUT2D eigenvalue weighted by Crippen LogP contribution is -2.50. The Morgan fingerprint density at radius 2 is 2.10 bits per heavy atom. The van der Waals surface area contributed by atoms with Crippen molar-refractivity contribution in [1.82, 2.24) is 4.90 Å². The van der Waals surface area contributed by atoms with Crippen LogP contribution in [0.5, 0.6) is 0 Å². The molecule has 0 saturated carbocycles. The van der Waals surface area contributed by atoms with Crippen LogP contribution in [0, 0.1) is 5.82 Å². The number of thiophene rings is 1. The second kappa shape index (κ2) is 5.48. The van der Waals surface area contributed by atoms with Crippen molar-refractivity contribution < 1.29 is 4.39 Å². The van der Waals surface area contributed by atoms with Crippen LogP contribution in [0.15, 0.2) is 46.8 Å². The highest BCUT2D eigenvalue weighted by Crippen LogP contribution is 2.28. The van der Waals surface area contributed by atoms with Gasteiger partial charge in [0.25, 0.3) is 0 Å². The summed E-state index contributed by atoms with van der Waals surface area (Å²) >= 11 is 1.72. The van der Waals surface area contributed by atoms with Gasteiger partial charge in [0.2, 0.25) is 0 Å². The van der Waals surface area contributed by atoms with Crippen LogP contribution in [0.4, 0.5) is 4.39 Å². The lowest BCUT2D eigenvalue weighted by molar-refractivity contribution is 0.215. The van der Waals surface area contributed by atoms with Crippen LogP contribution < -0.4 is 5.73 Å². The van der Waals surface area contributed by atoms with Gasteiger partial charge in [-0.2, -0.15) is 0 Å². The number of nitrogens with two attached hydrogens (primary N) is 1. The van der Waals surface area contributed by atoms with Gasteiger partial charge in [0.05, 0.1) is 18.6 Å². The third kappa shape index (κ3) is 2.93. The molecule has 0 spiro atoms. The third-order valence-electron chi connectivity index (χ3n) is 3.90. The number of rotatable bonds is 4. The van der Waals surface area contributed by atoms with Crippen molar-refractivity contribution in [3.05, 3.63) is 58.0 Å². The average Bonchev–Trinajstić information content (AvgIpc) is 3.06. The highest BCUT2D eigenvalue weighted by atomic mass is 32.1. The molecule has 2 aromatic rings. The quantitative estimate of drug-likeness (QED) is 0.943. The van der Waals surface area contributed by atoms with E-state index in [2.05, 4.69) is 28.3 Å². The van der Waals surface area contributed by atoms with E-state index in [4.69, 9.17) is 5.73 Å². The summed E-state index contributed by atoms with van der Waals surface area (Å²) in [4.78, 5) is 7.84. The summed E-state index contributed by atoms with van der Waals surface area (Å²) in [5, 5.41) is 2.07.